The summed E-state index contributed by atoms with van der Waals surface area (Å²) in [7, 11) is 1.79. The molecule has 4 rings (SSSR count). The number of rotatable bonds is 1. The molecule has 3 aromatic rings. The molecule has 0 bridgehead atoms. The molecule has 0 saturated heterocycles. The number of carbonyl (C=O) groups is 2. The highest BCUT2D eigenvalue weighted by Gasteiger charge is 2.18. The van der Waals surface area contributed by atoms with E-state index in [1.165, 1.54) is 0 Å². The van der Waals surface area contributed by atoms with Crippen LogP contribution in [0, 0.1) is 0 Å². The average molecular weight is 416 g/mol. The Labute approximate surface area is 158 Å². The minimum absolute atomic E-state index is 0.175. The molecular formula is C18H18BrN5O2. The number of hydrogen-bond donors (Lipinski definition) is 1. The Morgan fingerprint density at radius 1 is 1.31 bits per heavy atom. The quantitative estimate of drug-likeness (QED) is 0.660. The lowest BCUT2D eigenvalue weighted by molar-refractivity contribution is -0.118. The van der Waals surface area contributed by atoms with Gasteiger partial charge in [-0.15, -0.1) is 0 Å². The lowest BCUT2D eigenvalue weighted by atomic mass is 10.1. The standard InChI is InChI=1S/C10H7BrN2O.C8H11N3O/c11-8-3-1-2-6-5-13-9(10(12)14)4-7(6)8;1-10-7-4-5-9-11(7)6-2-3-8(10)12/h1-5H,(H2,12,14);4-5H,2-3,6H2,1H3. The molecule has 0 unspecified atom stereocenters. The SMILES string of the molecule is CN1C(=O)CCCn2nccc21.NC(=O)c1cc2c(Br)cccc2cn1. The van der Waals surface area contributed by atoms with Crippen LogP contribution in [0.2, 0.25) is 0 Å². The number of halogens is 1. The van der Waals surface area contributed by atoms with Crippen molar-refractivity contribution in [2.24, 2.45) is 5.73 Å². The predicted octanol–water partition coefficient (Wildman–Crippen LogP) is 2.74. The van der Waals surface area contributed by atoms with Crippen LogP contribution in [-0.4, -0.2) is 33.6 Å². The molecule has 1 aromatic carbocycles. The van der Waals surface area contributed by atoms with Gasteiger partial charge in [-0.2, -0.15) is 5.10 Å². The highest BCUT2D eigenvalue weighted by molar-refractivity contribution is 9.10. The largest absolute Gasteiger partial charge is 0.364 e. The number of aromatic nitrogens is 3. The zero-order valence-corrected chi connectivity index (χ0v) is 15.8. The molecule has 1 aliphatic rings. The fourth-order valence-corrected chi connectivity index (χ4v) is 3.22. The molecule has 0 radical (unpaired) electrons. The highest BCUT2D eigenvalue weighted by atomic mass is 79.9. The lowest BCUT2D eigenvalue weighted by Gasteiger charge is -2.13. The lowest BCUT2D eigenvalue weighted by Crippen LogP contribution is -2.25. The molecule has 2 N–H and O–H groups in total. The van der Waals surface area contributed by atoms with Gasteiger partial charge in [-0.25, -0.2) is 4.68 Å². The number of fused-ring (bicyclic) bond motifs is 2. The van der Waals surface area contributed by atoms with Gasteiger partial charge in [0.15, 0.2) is 0 Å². The van der Waals surface area contributed by atoms with E-state index in [0.29, 0.717) is 6.42 Å². The van der Waals surface area contributed by atoms with Crippen LogP contribution in [0.5, 0.6) is 0 Å². The number of carbonyl (C=O) groups excluding carboxylic acids is 2. The van der Waals surface area contributed by atoms with Crippen molar-refractivity contribution < 1.29 is 9.59 Å². The third-order valence-electron chi connectivity index (χ3n) is 4.14. The Bertz CT molecular complexity index is 969. The summed E-state index contributed by atoms with van der Waals surface area (Å²) in [6, 6.07) is 9.30. The number of nitrogens with two attached hydrogens (primary N) is 1. The molecule has 0 spiro atoms. The number of amides is 2. The Morgan fingerprint density at radius 2 is 2.12 bits per heavy atom. The number of benzene rings is 1. The maximum atomic E-state index is 11.4. The maximum Gasteiger partial charge on any atom is 0.267 e. The summed E-state index contributed by atoms with van der Waals surface area (Å²) in [4.78, 5) is 27.9. The van der Waals surface area contributed by atoms with E-state index in [-0.39, 0.29) is 11.6 Å². The van der Waals surface area contributed by atoms with Gasteiger partial charge in [0.2, 0.25) is 5.91 Å². The summed E-state index contributed by atoms with van der Waals surface area (Å²) in [5.74, 6) is 0.564. The molecule has 8 heteroatoms. The Balaban J connectivity index is 0.000000152. The first kappa shape index (κ1) is 18.1. The Morgan fingerprint density at radius 3 is 2.88 bits per heavy atom. The van der Waals surface area contributed by atoms with Crippen LogP contribution < -0.4 is 10.6 Å². The van der Waals surface area contributed by atoms with Gasteiger partial charge in [-0.3, -0.25) is 14.6 Å². The molecule has 7 nitrogen and oxygen atoms in total. The van der Waals surface area contributed by atoms with Gasteiger partial charge >= 0.3 is 0 Å². The van der Waals surface area contributed by atoms with E-state index >= 15 is 0 Å². The first-order valence-electron chi connectivity index (χ1n) is 8.10. The second-order valence-electron chi connectivity index (χ2n) is 5.86. The Hall–Kier alpha value is -2.74. The van der Waals surface area contributed by atoms with Gasteiger partial charge in [0.05, 0.1) is 6.20 Å². The molecule has 2 aromatic heterocycles. The van der Waals surface area contributed by atoms with Crippen LogP contribution in [0.25, 0.3) is 10.8 Å². The van der Waals surface area contributed by atoms with E-state index in [1.54, 1.807) is 30.4 Å². The van der Waals surface area contributed by atoms with Gasteiger partial charge < -0.3 is 10.6 Å². The first-order valence-corrected chi connectivity index (χ1v) is 8.89. The molecule has 1 aliphatic heterocycles. The van der Waals surface area contributed by atoms with Crippen molar-refractivity contribution in [1.29, 1.82) is 0 Å². The van der Waals surface area contributed by atoms with E-state index in [1.807, 2.05) is 28.9 Å². The van der Waals surface area contributed by atoms with Crippen LogP contribution in [0.1, 0.15) is 23.3 Å². The smallest absolute Gasteiger partial charge is 0.267 e. The normalized spacial score (nSPS) is 13.6. The third kappa shape index (κ3) is 3.75. The highest BCUT2D eigenvalue weighted by Crippen LogP contribution is 2.23. The van der Waals surface area contributed by atoms with Crippen molar-refractivity contribution in [3.05, 3.63) is 52.9 Å². The molecule has 0 fully saturated rings. The van der Waals surface area contributed by atoms with Crippen molar-refractivity contribution in [2.75, 3.05) is 11.9 Å². The maximum absolute atomic E-state index is 11.4. The van der Waals surface area contributed by atoms with Crippen LogP contribution in [0.3, 0.4) is 0 Å². The topological polar surface area (TPSA) is 94.1 Å². The monoisotopic (exact) mass is 415 g/mol. The number of aryl methyl sites for hydroxylation is 1. The van der Waals surface area contributed by atoms with Gasteiger partial charge in [-0.1, -0.05) is 28.1 Å². The molecule has 0 aliphatic carbocycles. The fraction of sp³-hybridized carbons (Fsp3) is 0.222. The summed E-state index contributed by atoms with van der Waals surface area (Å²) in [5.41, 5.74) is 5.42. The Kier molecular flexibility index (Phi) is 5.32. The number of anilines is 1. The van der Waals surface area contributed by atoms with Crippen LogP contribution in [0.15, 0.2) is 47.2 Å². The third-order valence-corrected chi connectivity index (χ3v) is 4.83. The summed E-state index contributed by atoms with van der Waals surface area (Å²) in [6.45, 7) is 0.846. The summed E-state index contributed by atoms with van der Waals surface area (Å²) in [6.07, 6.45) is 4.88. The number of nitrogens with zero attached hydrogens (tertiary/aromatic N) is 4. The zero-order chi connectivity index (χ0) is 18.7. The molecule has 134 valence electrons. The van der Waals surface area contributed by atoms with Crippen LogP contribution >= 0.6 is 15.9 Å². The van der Waals surface area contributed by atoms with Crippen molar-refractivity contribution in [1.82, 2.24) is 14.8 Å². The summed E-state index contributed by atoms with van der Waals surface area (Å²) >= 11 is 3.40. The second-order valence-corrected chi connectivity index (χ2v) is 6.72. The second kappa shape index (κ2) is 7.65. The van der Waals surface area contributed by atoms with Crippen LogP contribution in [-0.2, 0) is 11.3 Å². The van der Waals surface area contributed by atoms with Crippen molar-refractivity contribution in [3.8, 4) is 0 Å². The van der Waals surface area contributed by atoms with Crippen LogP contribution in [0.4, 0.5) is 5.82 Å². The molecule has 3 heterocycles. The fourth-order valence-electron chi connectivity index (χ4n) is 2.72. The van der Waals surface area contributed by atoms with Gasteiger partial charge in [-0.05, 0) is 23.9 Å². The molecule has 0 atom stereocenters. The van der Waals surface area contributed by atoms with E-state index in [9.17, 15) is 9.59 Å². The number of pyridine rings is 1. The minimum Gasteiger partial charge on any atom is -0.364 e. The van der Waals surface area contributed by atoms with E-state index in [2.05, 4.69) is 26.0 Å². The molecule has 2 amide bonds. The summed E-state index contributed by atoms with van der Waals surface area (Å²) < 4.78 is 2.80. The molecule has 0 saturated carbocycles. The molecular weight excluding hydrogens is 398 g/mol. The number of primary amides is 1. The van der Waals surface area contributed by atoms with E-state index in [0.717, 1.165) is 34.0 Å². The summed E-state index contributed by atoms with van der Waals surface area (Å²) in [5, 5.41) is 6.04. The minimum atomic E-state index is -0.511. The van der Waals surface area contributed by atoms with Gasteiger partial charge in [0.1, 0.15) is 11.5 Å². The molecule has 26 heavy (non-hydrogen) atoms. The van der Waals surface area contributed by atoms with Crippen molar-refractivity contribution >= 4 is 44.3 Å². The average Bonchev–Trinajstić information content (AvgIpc) is 3.05. The van der Waals surface area contributed by atoms with Gasteiger partial charge in [0, 0.05) is 42.1 Å². The number of hydrogen-bond acceptors (Lipinski definition) is 4. The zero-order valence-electron chi connectivity index (χ0n) is 14.2. The first-order chi connectivity index (χ1) is 12.5. The van der Waals surface area contributed by atoms with Crippen molar-refractivity contribution in [3.63, 3.8) is 0 Å². The van der Waals surface area contributed by atoms with E-state index in [4.69, 9.17) is 5.73 Å². The van der Waals surface area contributed by atoms with E-state index < -0.39 is 5.91 Å². The van der Waals surface area contributed by atoms with Crippen molar-refractivity contribution in [2.45, 2.75) is 19.4 Å². The van der Waals surface area contributed by atoms with Gasteiger partial charge in [0.25, 0.3) is 5.91 Å². The predicted molar refractivity (Wildman–Crippen MR) is 103 cm³/mol.